The van der Waals surface area contributed by atoms with E-state index < -0.39 is 47.7 Å². The number of aliphatic hydroxyl groups excluding tert-OH is 2. The van der Waals surface area contributed by atoms with Gasteiger partial charge in [0.2, 0.25) is 0 Å². The van der Waals surface area contributed by atoms with Crippen LogP contribution < -0.4 is 0 Å². The lowest BCUT2D eigenvalue weighted by Gasteiger charge is -2.52. The third-order valence-corrected chi connectivity index (χ3v) is 9.92. The van der Waals surface area contributed by atoms with Crippen molar-refractivity contribution in [3.8, 4) is 0 Å². The molecule has 0 saturated carbocycles. The summed E-state index contributed by atoms with van der Waals surface area (Å²) in [5, 5.41) is 34.4. The number of hydrogen-bond acceptors (Lipinski definition) is 8. The first-order valence-corrected chi connectivity index (χ1v) is 15.5. The number of fused-ring (bicyclic) bond motifs is 2. The SMILES string of the molecule is CC=C(C)C1OC2(CC3CC(CC=C(C)CC(C)C=CC=C4COC5C(O)C(C)=CC(C(=O)O3)C45O)O2)C(O)CC1C. The van der Waals surface area contributed by atoms with Crippen LogP contribution in [0.2, 0.25) is 0 Å². The molecule has 5 aliphatic rings. The van der Waals surface area contributed by atoms with Crippen molar-refractivity contribution in [2.45, 2.75) is 122 Å². The summed E-state index contributed by atoms with van der Waals surface area (Å²) in [4.78, 5) is 14.0. The van der Waals surface area contributed by atoms with Crippen molar-refractivity contribution in [2.75, 3.05) is 6.61 Å². The molecule has 11 unspecified atom stereocenters. The molecule has 42 heavy (non-hydrogen) atoms. The molecule has 3 fully saturated rings. The zero-order valence-electron chi connectivity index (χ0n) is 25.8. The third-order valence-electron chi connectivity index (χ3n) is 9.92. The molecule has 0 aromatic rings. The van der Waals surface area contributed by atoms with E-state index in [4.69, 9.17) is 18.9 Å². The lowest BCUT2D eigenvalue weighted by molar-refractivity contribution is -0.363. The van der Waals surface area contributed by atoms with Crippen LogP contribution in [-0.2, 0) is 23.7 Å². The second-order valence-electron chi connectivity index (χ2n) is 13.3. The van der Waals surface area contributed by atoms with E-state index in [1.165, 1.54) is 5.57 Å². The van der Waals surface area contributed by atoms with Crippen LogP contribution in [0.5, 0.6) is 0 Å². The fourth-order valence-corrected chi connectivity index (χ4v) is 7.43. The molecule has 3 N–H and O–H groups in total. The van der Waals surface area contributed by atoms with Gasteiger partial charge in [0.05, 0.1) is 18.8 Å². The van der Waals surface area contributed by atoms with E-state index in [0.29, 0.717) is 30.4 Å². The first kappa shape index (κ1) is 31.4. The van der Waals surface area contributed by atoms with Gasteiger partial charge < -0.3 is 34.3 Å². The van der Waals surface area contributed by atoms with Crippen molar-refractivity contribution < 1.29 is 39.1 Å². The standard InChI is InChI=1S/C34H48O8/c1-7-21(4)30-23(6)15-28(35)33(42-30)17-26-16-25(41-33)12-11-20(3)13-19(2)9-8-10-24-18-39-31-29(36)22(5)14-27(32(37)40-26)34(24,31)38/h7-11,14,19,23,25-31,35-36,38H,12-13,15-18H2,1-6H3. The molecule has 2 bridgehead atoms. The molecule has 232 valence electrons. The Hall–Kier alpha value is -2.07. The van der Waals surface area contributed by atoms with Crippen LogP contribution in [0.1, 0.15) is 73.6 Å². The van der Waals surface area contributed by atoms with Crippen LogP contribution in [0.15, 0.2) is 58.7 Å². The van der Waals surface area contributed by atoms with E-state index in [0.717, 1.165) is 12.0 Å². The number of aliphatic hydroxyl groups is 3. The fourth-order valence-electron chi connectivity index (χ4n) is 7.43. The Labute approximate surface area is 249 Å². The smallest absolute Gasteiger partial charge is 0.316 e. The van der Waals surface area contributed by atoms with Gasteiger partial charge in [-0.2, -0.15) is 0 Å². The van der Waals surface area contributed by atoms with E-state index in [-0.39, 0.29) is 37.1 Å². The fraction of sp³-hybridized carbons (Fsp3) is 0.676. The zero-order valence-corrected chi connectivity index (χ0v) is 25.8. The van der Waals surface area contributed by atoms with E-state index in [1.54, 1.807) is 19.1 Å². The molecule has 4 aliphatic heterocycles. The van der Waals surface area contributed by atoms with E-state index >= 15 is 0 Å². The minimum Gasteiger partial charge on any atom is -0.462 e. The average Bonchev–Trinajstić information content (AvgIpc) is 3.27. The number of hydrogen-bond donors (Lipinski definition) is 3. The summed E-state index contributed by atoms with van der Waals surface area (Å²) in [6, 6.07) is 0. The summed E-state index contributed by atoms with van der Waals surface area (Å²) in [7, 11) is 0. The summed E-state index contributed by atoms with van der Waals surface area (Å²) < 4.78 is 25.3. The highest BCUT2D eigenvalue weighted by Gasteiger charge is 2.60. The van der Waals surface area contributed by atoms with Gasteiger partial charge in [-0.15, -0.1) is 0 Å². The van der Waals surface area contributed by atoms with E-state index in [2.05, 4.69) is 32.9 Å². The molecule has 3 saturated heterocycles. The first-order valence-electron chi connectivity index (χ1n) is 15.5. The Morgan fingerprint density at radius 3 is 2.62 bits per heavy atom. The van der Waals surface area contributed by atoms with Crippen molar-refractivity contribution in [2.24, 2.45) is 17.8 Å². The highest BCUT2D eigenvalue weighted by Crippen LogP contribution is 2.47. The maximum Gasteiger partial charge on any atom is 0.316 e. The summed E-state index contributed by atoms with van der Waals surface area (Å²) in [6.45, 7) is 12.1. The van der Waals surface area contributed by atoms with Gasteiger partial charge in [0.15, 0.2) is 5.79 Å². The molecule has 8 heteroatoms. The van der Waals surface area contributed by atoms with E-state index in [1.807, 2.05) is 26.0 Å². The number of allylic oxidation sites excluding steroid dienone is 5. The van der Waals surface area contributed by atoms with Crippen LogP contribution >= 0.6 is 0 Å². The lowest BCUT2D eigenvalue weighted by Crippen LogP contribution is -2.62. The van der Waals surface area contributed by atoms with Gasteiger partial charge in [0, 0.05) is 12.8 Å². The predicted octanol–water partition coefficient (Wildman–Crippen LogP) is 4.45. The monoisotopic (exact) mass is 584 g/mol. The van der Waals surface area contributed by atoms with Crippen molar-refractivity contribution in [1.82, 2.24) is 0 Å². The Bertz CT molecular complexity index is 1200. The van der Waals surface area contributed by atoms with Crippen molar-refractivity contribution in [3.05, 3.63) is 58.7 Å². The minimum absolute atomic E-state index is 0.0922. The molecule has 0 amide bonds. The van der Waals surface area contributed by atoms with Gasteiger partial charge >= 0.3 is 5.97 Å². The molecule has 4 heterocycles. The Morgan fingerprint density at radius 2 is 1.88 bits per heavy atom. The summed E-state index contributed by atoms with van der Waals surface area (Å²) in [5.74, 6) is -2.65. The number of carbonyl (C=O) groups is 1. The molecule has 1 aliphatic carbocycles. The van der Waals surface area contributed by atoms with Crippen LogP contribution in [0.3, 0.4) is 0 Å². The Morgan fingerprint density at radius 1 is 1.12 bits per heavy atom. The minimum atomic E-state index is -1.75. The zero-order chi connectivity index (χ0) is 30.4. The van der Waals surface area contributed by atoms with Gasteiger partial charge in [0.1, 0.15) is 35.9 Å². The van der Waals surface area contributed by atoms with Crippen LogP contribution in [-0.4, -0.2) is 75.9 Å². The second kappa shape index (κ2) is 12.1. The molecule has 0 aromatic carbocycles. The summed E-state index contributed by atoms with van der Waals surface area (Å²) in [5.41, 5.74) is 1.62. The van der Waals surface area contributed by atoms with Crippen molar-refractivity contribution in [1.29, 1.82) is 0 Å². The van der Waals surface area contributed by atoms with Crippen LogP contribution in [0, 0.1) is 17.8 Å². The summed E-state index contributed by atoms with van der Waals surface area (Å²) >= 11 is 0. The summed E-state index contributed by atoms with van der Waals surface area (Å²) in [6.07, 6.45) is 10.0. The largest absolute Gasteiger partial charge is 0.462 e. The van der Waals surface area contributed by atoms with Crippen LogP contribution in [0.4, 0.5) is 0 Å². The molecular formula is C34H48O8. The van der Waals surface area contributed by atoms with Gasteiger partial charge in [-0.3, -0.25) is 4.79 Å². The van der Waals surface area contributed by atoms with Crippen molar-refractivity contribution in [3.63, 3.8) is 0 Å². The number of rotatable bonds is 1. The molecular weight excluding hydrogens is 536 g/mol. The Kier molecular flexibility index (Phi) is 9.06. The number of ether oxygens (including phenoxy) is 4. The van der Waals surface area contributed by atoms with Gasteiger partial charge in [-0.25, -0.2) is 0 Å². The number of carbonyl (C=O) groups excluding carboxylic acids is 1. The van der Waals surface area contributed by atoms with Crippen LogP contribution in [0.25, 0.3) is 0 Å². The third kappa shape index (κ3) is 5.74. The quantitative estimate of drug-likeness (QED) is 0.306. The normalized spacial score (nSPS) is 45.1. The highest BCUT2D eigenvalue weighted by molar-refractivity contribution is 5.78. The molecule has 0 radical (unpaired) electrons. The predicted molar refractivity (Wildman–Crippen MR) is 158 cm³/mol. The van der Waals surface area contributed by atoms with Gasteiger partial charge in [-0.05, 0) is 75.5 Å². The molecule has 5 rings (SSSR count). The van der Waals surface area contributed by atoms with Crippen molar-refractivity contribution >= 4 is 5.97 Å². The highest BCUT2D eigenvalue weighted by atomic mass is 16.7. The molecule has 11 atom stereocenters. The van der Waals surface area contributed by atoms with E-state index in [9.17, 15) is 20.1 Å². The lowest BCUT2D eigenvalue weighted by atomic mass is 9.71. The first-order chi connectivity index (χ1) is 19.9. The topological polar surface area (TPSA) is 115 Å². The van der Waals surface area contributed by atoms with Gasteiger partial charge in [-0.1, -0.05) is 55.9 Å². The molecule has 8 nitrogen and oxygen atoms in total. The average molecular weight is 585 g/mol. The number of esters is 1. The maximum atomic E-state index is 14.0. The Balaban J connectivity index is 1.54. The van der Waals surface area contributed by atoms with Gasteiger partial charge in [0.25, 0.3) is 0 Å². The second-order valence-corrected chi connectivity index (χ2v) is 13.3. The molecule has 0 aromatic heterocycles. The maximum absolute atomic E-state index is 14.0. The molecule has 1 spiro atoms.